The first kappa shape index (κ1) is 46.2. The summed E-state index contributed by atoms with van der Waals surface area (Å²) in [6.45, 7) is 9.34. The van der Waals surface area contributed by atoms with Gasteiger partial charge < -0.3 is 24.1 Å². The van der Waals surface area contributed by atoms with E-state index in [1.165, 1.54) is 0 Å². The lowest BCUT2D eigenvalue weighted by Crippen LogP contribution is -2.27. The number of ketones is 1. The van der Waals surface area contributed by atoms with Gasteiger partial charge in [0.2, 0.25) is 0 Å². The summed E-state index contributed by atoms with van der Waals surface area (Å²) in [7, 11) is 0. The molecular formula is C40H63N2O12+. The topological polar surface area (TPSA) is 192 Å². The van der Waals surface area contributed by atoms with E-state index in [1.54, 1.807) is 37.9 Å². The van der Waals surface area contributed by atoms with Crippen LogP contribution < -0.4 is 0 Å². The molecule has 0 aromatic rings. The smallest absolute Gasteiger partial charge is 0.314 e. The molecule has 1 amide bonds. The molecule has 4 rings (SSSR count). The first-order valence-electron chi connectivity index (χ1n) is 19.9. The molecule has 1 aliphatic heterocycles. The fraction of sp³-hybridized carbons (Fsp3) is 0.775. The number of nitrogens with zero attached hydrogens (tertiary/aromatic N) is 2. The first-order chi connectivity index (χ1) is 25.9. The van der Waals surface area contributed by atoms with Crippen molar-refractivity contribution in [2.45, 2.75) is 130 Å². The van der Waals surface area contributed by atoms with Gasteiger partial charge in [-0.1, -0.05) is 4.99 Å². The third-order valence-corrected chi connectivity index (χ3v) is 10.4. The molecule has 3 aliphatic carbocycles. The Balaban J connectivity index is 0.000000283. The fourth-order valence-electron chi connectivity index (χ4n) is 7.44. The van der Waals surface area contributed by atoms with Crippen molar-refractivity contribution >= 4 is 54.1 Å². The number of esters is 4. The maximum atomic E-state index is 11.9. The number of carboxylic acids is 1. The number of carbonyl (C=O) groups is 7. The Kier molecular flexibility index (Phi) is 22.2. The molecule has 0 unspecified atom stereocenters. The highest BCUT2D eigenvalue weighted by Gasteiger charge is 2.31. The zero-order valence-corrected chi connectivity index (χ0v) is 32.8. The highest BCUT2D eigenvalue weighted by atomic mass is 16.5. The lowest BCUT2D eigenvalue weighted by Gasteiger charge is -2.26. The van der Waals surface area contributed by atoms with Crippen LogP contribution in [0.25, 0.3) is 0 Å². The summed E-state index contributed by atoms with van der Waals surface area (Å²) in [5.41, 5.74) is 0. The van der Waals surface area contributed by atoms with Gasteiger partial charge in [-0.15, -0.1) is 0 Å². The number of carbonyl (C=O) groups excluding carboxylic acids is 6. The summed E-state index contributed by atoms with van der Waals surface area (Å²) < 4.78 is 21.3. The standard InChI is InChI=1S/C15H24O5.C14H21N2O3.C11H18O4/c1-3-19-14(17)10-13(16)9-11-5-7-12(8-6-11)15(18)20-4-2;1-2-19-14(18)12-5-3-11(4-6-12)9-13(17)16-8-7-15-10-16;1-2-15-11(14)9-5-3-8(4-6-9)7-10(12)13/h11-12H,3-10H2,1-2H3;8,10-12H,2-7,9H2,1H3;8-9H,2-7H2,1H3,(H,12,13)/q;+1;. The van der Waals surface area contributed by atoms with Gasteiger partial charge in [0.15, 0.2) is 6.54 Å². The molecule has 3 saturated carbocycles. The van der Waals surface area contributed by atoms with E-state index in [4.69, 9.17) is 24.1 Å². The first-order valence-corrected chi connectivity index (χ1v) is 19.9. The number of hydrogen-bond donors (Lipinski definition) is 1. The van der Waals surface area contributed by atoms with Crippen LogP contribution in [0.4, 0.5) is 0 Å². The molecule has 3 fully saturated rings. The van der Waals surface area contributed by atoms with Gasteiger partial charge >= 0.3 is 35.8 Å². The Morgan fingerprint density at radius 1 is 0.574 bits per heavy atom. The van der Waals surface area contributed by atoms with Gasteiger partial charge in [0.25, 0.3) is 6.34 Å². The number of aliphatic carboxylic acids is 1. The second-order valence-electron chi connectivity index (χ2n) is 14.4. The maximum absolute atomic E-state index is 11.9. The number of carboxylic acid groups (broad SMARTS) is 1. The molecule has 0 atom stereocenters. The van der Waals surface area contributed by atoms with Gasteiger partial charge in [-0.2, -0.15) is 4.58 Å². The molecule has 0 radical (unpaired) electrons. The summed E-state index contributed by atoms with van der Waals surface area (Å²) in [6.07, 6.45) is 14.4. The molecule has 1 N–H and O–H groups in total. The minimum atomic E-state index is -0.741. The molecule has 0 aromatic carbocycles. The van der Waals surface area contributed by atoms with Crippen LogP contribution in [0.2, 0.25) is 0 Å². The molecule has 0 bridgehead atoms. The Bertz CT molecular complexity index is 1290. The maximum Gasteiger partial charge on any atom is 0.314 e. The average Bonchev–Trinajstić information content (AvgIpc) is 3.69. The number of aliphatic imine (C=N–C) groups is 1. The van der Waals surface area contributed by atoms with E-state index < -0.39 is 11.9 Å². The molecule has 14 heteroatoms. The predicted octanol–water partition coefficient (Wildman–Crippen LogP) is 5.50. The SMILES string of the molecule is CCOC(=O)C1CCC(CC(=O)O)CC1.CCOC(=O)C1CCC(CC(=O)[N+]2=CCN=C2)CC1.CCOC(=O)CC(=O)CC1CCC(C(=O)OCC)CC1. The summed E-state index contributed by atoms with van der Waals surface area (Å²) >= 11 is 0. The van der Waals surface area contributed by atoms with Crippen LogP contribution >= 0.6 is 0 Å². The fourth-order valence-corrected chi connectivity index (χ4v) is 7.44. The minimum Gasteiger partial charge on any atom is -0.481 e. The zero-order valence-electron chi connectivity index (χ0n) is 32.8. The van der Waals surface area contributed by atoms with Crippen molar-refractivity contribution < 1.29 is 62.2 Å². The van der Waals surface area contributed by atoms with Crippen LogP contribution in [-0.4, -0.2) is 96.7 Å². The van der Waals surface area contributed by atoms with Crippen molar-refractivity contribution in [2.24, 2.45) is 40.5 Å². The zero-order chi connectivity index (χ0) is 39.9. The van der Waals surface area contributed by atoms with Gasteiger partial charge in [-0.05, 0) is 122 Å². The lowest BCUT2D eigenvalue weighted by molar-refractivity contribution is -0.326. The van der Waals surface area contributed by atoms with E-state index in [9.17, 15) is 33.6 Å². The Hall–Kier alpha value is -3.97. The summed E-state index contributed by atoms with van der Waals surface area (Å²) in [4.78, 5) is 84.0. The Labute approximate surface area is 319 Å². The summed E-state index contributed by atoms with van der Waals surface area (Å²) in [5, 5.41) is 8.63. The van der Waals surface area contributed by atoms with Crippen molar-refractivity contribution in [1.82, 2.24) is 0 Å². The van der Waals surface area contributed by atoms with Crippen LogP contribution in [0.3, 0.4) is 0 Å². The number of ether oxygens (including phenoxy) is 4. The monoisotopic (exact) mass is 763 g/mol. The minimum absolute atomic E-state index is 0.00463. The van der Waals surface area contributed by atoms with Gasteiger partial charge in [-0.3, -0.25) is 28.8 Å². The normalized spacial score (nSPS) is 24.6. The Morgan fingerprint density at radius 2 is 0.963 bits per heavy atom. The molecule has 0 spiro atoms. The summed E-state index contributed by atoms with van der Waals surface area (Å²) in [5.74, 6) is -0.539. The highest BCUT2D eigenvalue weighted by molar-refractivity contribution is 5.95. The third kappa shape index (κ3) is 17.9. The molecule has 4 aliphatic rings. The average molecular weight is 764 g/mol. The van der Waals surface area contributed by atoms with Gasteiger partial charge in [-0.25, -0.2) is 4.79 Å². The molecule has 54 heavy (non-hydrogen) atoms. The van der Waals surface area contributed by atoms with Crippen molar-refractivity contribution in [2.75, 3.05) is 33.0 Å². The van der Waals surface area contributed by atoms with Crippen LogP contribution in [0.15, 0.2) is 4.99 Å². The quantitative estimate of drug-likeness (QED) is 0.0955. The van der Waals surface area contributed by atoms with E-state index in [-0.39, 0.29) is 72.0 Å². The molecule has 1 heterocycles. The highest BCUT2D eigenvalue weighted by Crippen LogP contribution is 2.33. The lowest BCUT2D eigenvalue weighted by atomic mass is 9.79. The molecule has 304 valence electrons. The third-order valence-electron chi connectivity index (χ3n) is 10.4. The predicted molar refractivity (Wildman–Crippen MR) is 199 cm³/mol. The van der Waals surface area contributed by atoms with E-state index >= 15 is 0 Å². The molecule has 0 aromatic heterocycles. The molecule has 14 nitrogen and oxygen atoms in total. The number of hydrogen-bond acceptors (Lipinski definition) is 12. The molecule has 0 saturated heterocycles. The van der Waals surface area contributed by atoms with Crippen molar-refractivity contribution in [3.05, 3.63) is 0 Å². The van der Waals surface area contributed by atoms with Crippen LogP contribution in [-0.2, 0) is 52.5 Å². The molecular weight excluding hydrogens is 700 g/mol. The Morgan fingerprint density at radius 3 is 1.31 bits per heavy atom. The second-order valence-corrected chi connectivity index (χ2v) is 14.4. The number of rotatable bonds is 15. The van der Waals surface area contributed by atoms with E-state index in [0.29, 0.717) is 51.7 Å². The number of Topliss-reactive ketones (excluding diaryl/α,β-unsaturated/α-hetero) is 1. The van der Waals surface area contributed by atoms with E-state index in [1.807, 2.05) is 6.92 Å². The van der Waals surface area contributed by atoms with Gasteiger partial charge in [0.1, 0.15) is 18.4 Å². The second kappa shape index (κ2) is 25.9. The van der Waals surface area contributed by atoms with Crippen LogP contribution in [0.5, 0.6) is 0 Å². The van der Waals surface area contributed by atoms with E-state index in [0.717, 1.165) is 77.0 Å². The summed E-state index contributed by atoms with van der Waals surface area (Å²) in [6, 6.07) is 0. The van der Waals surface area contributed by atoms with Gasteiger partial charge in [0, 0.05) is 12.8 Å². The van der Waals surface area contributed by atoms with Gasteiger partial charge in [0.05, 0.1) is 50.6 Å². The van der Waals surface area contributed by atoms with Crippen molar-refractivity contribution in [3.8, 4) is 0 Å². The van der Waals surface area contributed by atoms with Crippen LogP contribution in [0, 0.1) is 35.5 Å². The largest absolute Gasteiger partial charge is 0.481 e. The van der Waals surface area contributed by atoms with Crippen LogP contribution in [0.1, 0.15) is 130 Å². The number of amides is 1. The van der Waals surface area contributed by atoms with Crippen molar-refractivity contribution in [3.63, 3.8) is 0 Å². The van der Waals surface area contributed by atoms with E-state index in [2.05, 4.69) is 4.99 Å². The van der Waals surface area contributed by atoms with Crippen molar-refractivity contribution in [1.29, 1.82) is 0 Å².